The molecule has 0 spiro atoms. The number of aryl methyl sites for hydroxylation is 1. The minimum Gasteiger partial charge on any atom is -0.317 e. The standard InChI is InChI=1S/C17H20BrN/c1-19-16(12-11-14-7-3-2-4-8-14)13-15-9-5-6-10-17(15)18/h2-10,16,19H,11-13H2,1H3. The van der Waals surface area contributed by atoms with Crippen LogP contribution in [-0.4, -0.2) is 13.1 Å². The van der Waals surface area contributed by atoms with Gasteiger partial charge in [0, 0.05) is 10.5 Å². The van der Waals surface area contributed by atoms with Gasteiger partial charge in [-0.15, -0.1) is 0 Å². The summed E-state index contributed by atoms with van der Waals surface area (Å²) in [6, 6.07) is 19.7. The number of halogens is 1. The highest BCUT2D eigenvalue weighted by molar-refractivity contribution is 9.10. The number of nitrogens with one attached hydrogen (secondary N) is 1. The zero-order valence-corrected chi connectivity index (χ0v) is 12.9. The monoisotopic (exact) mass is 317 g/mol. The zero-order chi connectivity index (χ0) is 13.5. The second kappa shape index (κ2) is 7.46. The summed E-state index contributed by atoms with van der Waals surface area (Å²) in [6.45, 7) is 0. The van der Waals surface area contributed by atoms with Crippen molar-refractivity contribution < 1.29 is 0 Å². The lowest BCUT2D eigenvalue weighted by atomic mass is 9.99. The van der Waals surface area contributed by atoms with Crippen molar-refractivity contribution in [3.63, 3.8) is 0 Å². The minimum absolute atomic E-state index is 0.513. The molecule has 1 atom stereocenters. The van der Waals surface area contributed by atoms with E-state index < -0.39 is 0 Å². The van der Waals surface area contributed by atoms with Crippen molar-refractivity contribution in [1.82, 2.24) is 5.32 Å². The molecule has 0 fully saturated rings. The second-order valence-corrected chi connectivity index (χ2v) is 5.66. The fraction of sp³-hybridized carbons (Fsp3) is 0.294. The maximum absolute atomic E-state index is 3.62. The van der Waals surface area contributed by atoms with Crippen LogP contribution in [0.4, 0.5) is 0 Å². The predicted octanol–water partition coefficient (Wildman–Crippen LogP) is 4.21. The molecule has 0 bridgehead atoms. The first kappa shape index (κ1) is 14.3. The molecule has 0 saturated heterocycles. The van der Waals surface area contributed by atoms with Crippen molar-refractivity contribution in [1.29, 1.82) is 0 Å². The second-order valence-electron chi connectivity index (χ2n) is 4.81. The number of hydrogen-bond donors (Lipinski definition) is 1. The predicted molar refractivity (Wildman–Crippen MR) is 85.5 cm³/mol. The maximum Gasteiger partial charge on any atom is 0.0207 e. The van der Waals surface area contributed by atoms with Crippen molar-refractivity contribution in [2.24, 2.45) is 0 Å². The van der Waals surface area contributed by atoms with Crippen molar-refractivity contribution in [2.75, 3.05) is 7.05 Å². The van der Waals surface area contributed by atoms with E-state index in [9.17, 15) is 0 Å². The highest BCUT2D eigenvalue weighted by atomic mass is 79.9. The molecule has 0 saturated carbocycles. The third-order valence-corrected chi connectivity index (χ3v) is 4.23. The van der Waals surface area contributed by atoms with E-state index in [0.717, 1.165) is 19.3 Å². The summed E-state index contributed by atoms with van der Waals surface area (Å²) in [5, 5.41) is 3.43. The molecular weight excluding hydrogens is 298 g/mol. The first-order chi connectivity index (χ1) is 9.29. The number of benzene rings is 2. The lowest BCUT2D eigenvalue weighted by Crippen LogP contribution is -2.28. The van der Waals surface area contributed by atoms with Crippen LogP contribution in [0.3, 0.4) is 0 Å². The first-order valence-corrected chi connectivity index (χ1v) is 7.53. The van der Waals surface area contributed by atoms with Crippen LogP contribution in [0.25, 0.3) is 0 Å². The van der Waals surface area contributed by atoms with Crippen LogP contribution in [0.15, 0.2) is 59.1 Å². The average Bonchev–Trinajstić information content (AvgIpc) is 2.46. The van der Waals surface area contributed by atoms with Gasteiger partial charge in [-0.25, -0.2) is 0 Å². The lowest BCUT2D eigenvalue weighted by Gasteiger charge is -2.17. The van der Waals surface area contributed by atoms with Gasteiger partial charge in [0.15, 0.2) is 0 Å². The Labute approximate surface area is 124 Å². The van der Waals surface area contributed by atoms with Gasteiger partial charge < -0.3 is 5.32 Å². The van der Waals surface area contributed by atoms with Crippen molar-refractivity contribution in [3.05, 3.63) is 70.2 Å². The van der Waals surface area contributed by atoms with Gasteiger partial charge in [-0.1, -0.05) is 64.5 Å². The van der Waals surface area contributed by atoms with Crippen LogP contribution in [0.1, 0.15) is 17.5 Å². The van der Waals surface area contributed by atoms with Crippen LogP contribution >= 0.6 is 15.9 Å². The van der Waals surface area contributed by atoms with Crippen LogP contribution in [0, 0.1) is 0 Å². The van der Waals surface area contributed by atoms with E-state index in [1.54, 1.807) is 0 Å². The highest BCUT2D eigenvalue weighted by Gasteiger charge is 2.09. The molecule has 2 heteroatoms. The number of likely N-dealkylation sites (N-methyl/N-ethyl adjacent to an activating group) is 1. The Bertz CT molecular complexity index is 496. The van der Waals surface area contributed by atoms with Crippen LogP contribution in [-0.2, 0) is 12.8 Å². The van der Waals surface area contributed by atoms with E-state index in [-0.39, 0.29) is 0 Å². The molecule has 1 unspecified atom stereocenters. The van der Waals surface area contributed by atoms with Crippen LogP contribution < -0.4 is 5.32 Å². The Morgan fingerprint density at radius 3 is 2.37 bits per heavy atom. The molecule has 1 nitrogen and oxygen atoms in total. The van der Waals surface area contributed by atoms with E-state index >= 15 is 0 Å². The number of hydrogen-bond acceptors (Lipinski definition) is 1. The van der Waals surface area contributed by atoms with Gasteiger partial charge in [0.05, 0.1) is 0 Å². The van der Waals surface area contributed by atoms with E-state index in [0.29, 0.717) is 6.04 Å². The molecule has 0 heterocycles. The van der Waals surface area contributed by atoms with Crippen molar-refractivity contribution in [3.8, 4) is 0 Å². The summed E-state index contributed by atoms with van der Waals surface area (Å²) in [4.78, 5) is 0. The molecule has 0 aromatic heterocycles. The average molecular weight is 318 g/mol. The van der Waals surface area contributed by atoms with Crippen molar-refractivity contribution in [2.45, 2.75) is 25.3 Å². The Hall–Kier alpha value is -1.12. The van der Waals surface area contributed by atoms with Gasteiger partial charge in [-0.3, -0.25) is 0 Å². The molecule has 19 heavy (non-hydrogen) atoms. The zero-order valence-electron chi connectivity index (χ0n) is 11.3. The summed E-state index contributed by atoms with van der Waals surface area (Å²) in [7, 11) is 2.05. The molecule has 0 amide bonds. The molecule has 2 aromatic rings. The third kappa shape index (κ3) is 4.48. The number of rotatable bonds is 6. The van der Waals surface area contributed by atoms with Crippen LogP contribution in [0.5, 0.6) is 0 Å². The van der Waals surface area contributed by atoms with Gasteiger partial charge in [0.1, 0.15) is 0 Å². The molecular formula is C17H20BrN. The van der Waals surface area contributed by atoms with E-state index in [1.165, 1.54) is 15.6 Å². The topological polar surface area (TPSA) is 12.0 Å². The normalized spacial score (nSPS) is 12.3. The molecule has 100 valence electrons. The SMILES string of the molecule is CNC(CCc1ccccc1)Cc1ccccc1Br. The summed E-state index contributed by atoms with van der Waals surface area (Å²) in [6.07, 6.45) is 3.34. The minimum atomic E-state index is 0.513. The first-order valence-electron chi connectivity index (χ1n) is 6.74. The Morgan fingerprint density at radius 2 is 1.68 bits per heavy atom. The summed E-state index contributed by atoms with van der Waals surface area (Å²) >= 11 is 3.62. The maximum atomic E-state index is 3.62. The van der Waals surface area contributed by atoms with E-state index in [2.05, 4.69) is 75.8 Å². The molecule has 0 aliphatic carbocycles. The molecule has 0 aliphatic heterocycles. The molecule has 0 radical (unpaired) electrons. The third-order valence-electron chi connectivity index (χ3n) is 3.46. The van der Waals surface area contributed by atoms with Crippen molar-refractivity contribution >= 4 is 15.9 Å². The van der Waals surface area contributed by atoms with Gasteiger partial charge >= 0.3 is 0 Å². The largest absolute Gasteiger partial charge is 0.317 e. The summed E-state index contributed by atoms with van der Waals surface area (Å²) in [5.41, 5.74) is 2.78. The van der Waals surface area contributed by atoms with E-state index in [1.807, 2.05) is 7.05 Å². The Balaban J connectivity index is 1.92. The van der Waals surface area contributed by atoms with Gasteiger partial charge in [0.25, 0.3) is 0 Å². The highest BCUT2D eigenvalue weighted by Crippen LogP contribution is 2.18. The Kier molecular flexibility index (Phi) is 5.62. The van der Waals surface area contributed by atoms with Gasteiger partial charge in [-0.2, -0.15) is 0 Å². The fourth-order valence-corrected chi connectivity index (χ4v) is 2.71. The van der Waals surface area contributed by atoms with Gasteiger partial charge in [-0.05, 0) is 43.5 Å². The van der Waals surface area contributed by atoms with Crippen LogP contribution in [0.2, 0.25) is 0 Å². The molecule has 2 rings (SSSR count). The Morgan fingerprint density at radius 1 is 1.00 bits per heavy atom. The summed E-state index contributed by atoms with van der Waals surface area (Å²) in [5.74, 6) is 0. The molecule has 1 N–H and O–H groups in total. The lowest BCUT2D eigenvalue weighted by molar-refractivity contribution is 0.519. The van der Waals surface area contributed by atoms with E-state index in [4.69, 9.17) is 0 Å². The summed E-state index contributed by atoms with van der Waals surface area (Å²) < 4.78 is 1.20. The quantitative estimate of drug-likeness (QED) is 0.841. The fourth-order valence-electron chi connectivity index (χ4n) is 2.26. The smallest absolute Gasteiger partial charge is 0.0207 e. The van der Waals surface area contributed by atoms with Gasteiger partial charge in [0.2, 0.25) is 0 Å². The molecule has 2 aromatic carbocycles. The molecule has 0 aliphatic rings.